The second kappa shape index (κ2) is 11.7. The van der Waals surface area contributed by atoms with Gasteiger partial charge in [0.1, 0.15) is 0 Å². The van der Waals surface area contributed by atoms with Gasteiger partial charge in [0.15, 0.2) is 0 Å². The summed E-state index contributed by atoms with van der Waals surface area (Å²) in [5.74, 6) is -0.377. The van der Waals surface area contributed by atoms with Crippen LogP contribution >= 0.6 is 0 Å². The van der Waals surface area contributed by atoms with Gasteiger partial charge < -0.3 is 5.11 Å². The molecule has 0 aromatic rings. The molecule has 0 aromatic carbocycles. The lowest BCUT2D eigenvalue weighted by Gasteiger charge is -2.06. The third-order valence-corrected chi connectivity index (χ3v) is 4.70. The maximum Gasteiger partial charge on any atom is 0.307 e. The molecule has 1 N–H and O–H groups in total. The summed E-state index contributed by atoms with van der Waals surface area (Å²) < 4.78 is 11.6. The molecule has 0 bridgehead atoms. The van der Waals surface area contributed by atoms with Gasteiger partial charge in [-0.25, -0.2) is 0 Å². The van der Waals surface area contributed by atoms with Crippen LogP contribution in [0.2, 0.25) is 0 Å². The predicted octanol–water partition coefficient (Wildman–Crippen LogP) is 3.60. The van der Waals surface area contributed by atoms with E-state index in [2.05, 4.69) is 6.92 Å². The Labute approximate surface area is 114 Å². The molecule has 108 valence electrons. The summed E-state index contributed by atoms with van der Waals surface area (Å²) in [5, 5.41) is 8.71. The number of hydrogen-bond acceptors (Lipinski definition) is 2. The van der Waals surface area contributed by atoms with Gasteiger partial charge in [-0.15, -0.1) is 0 Å². The summed E-state index contributed by atoms with van der Waals surface area (Å²) in [6.45, 7) is 3.83. The highest BCUT2D eigenvalue weighted by Gasteiger charge is 2.14. The molecule has 0 amide bonds. The Kier molecular flexibility index (Phi) is 11.4. The van der Waals surface area contributed by atoms with E-state index in [0.717, 1.165) is 12.8 Å². The number of rotatable bonds is 12. The molecule has 0 spiro atoms. The van der Waals surface area contributed by atoms with E-state index >= 15 is 0 Å². The quantitative estimate of drug-likeness (QED) is 0.554. The summed E-state index contributed by atoms with van der Waals surface area (Å²) in [6.07, 6.45) is 9.84. The molecule has 0 aliphatic rings. The van der Waals surface area contributed by atoms with Crippen molar-refractivity contribution in [2.75, 3.05) is 11.5 Å². The van der Waals surface area contributed by atoms with Gasteiger partial charge in [0.2, 0.25) is 0 Å². The van der Waals surface area contributed by atoms with Gasteiger partial charge in [-0.3, -0.25) is 9.00 Å². The number of carboxylic acid groups (broad SMARTS) is 1. The van der Waals surface area contributed by atoms with Crippen LogP contribution < -0.4 is 0 Å². The SMILES string of the molecule is CCCCCCCCCCS(=O)CC(C)C(=O)O. The maximum atomic E-state index is 11.6. The summed E-state index contributed by atoms with van der Waals surface area (Å²) in [5.41, 5.74) is 0. The summed E-state index contributed by atoms with van der Waals surface area (Å²) in [4.78, 5) is 10.6. The zero-order valence-electron chi connectivity index (χ0n) is 11.8. The van der Waals surface area contributed by atoms with Gasteiger partial charge in [0.25, 0.3) is 0 Å². The van der Waals surface area contributed by atoms with Crippen molar-refractivity contribution in [3.63, 3.8) is 0 Å². The van der Waals surface area contributed by atoms with Crippen LogP contribution in [0.15, 0.2) is 0 Å². The minimum atomic E-state index is -0.962. The highest BCUT2D eigenvalue weighted by Crippen LogP contribution is 2.09. The average Bonchev–Trinajstić information content (AvgIpc) is 2.32. The van der Waals surface area contributed by atoms with Crippen LogP contribution in [0.25, 0.3) is 0 Å². The Balaban J connectivity index is 3.33. The third-order valence-electron chi connectivity index (χ3n) is 3.08. The molecular weight excluding hydrogens is 248 g/mol. The Hall–Kier alpha value is -0.380. The van der Waals surface area contributed by atoms with Crippen LogP contribution in [0.5, 0.6) is 0 Å². The first-order chi connectivity index (χ1) is 8.57. The third kappa shape index (κ3) is 10.8. The molecule has 0 radical (unpaired) electrons. The summed E-state index contributed by atoms with van der Waals surface area (Å²) >= 11 is 0. The Morgan fingerprint density at radius 3 is 2.06 bits per heavy atom. The number of carbonyl (C=O) groups is 1. The van der Waals surface area contributed by atoms with E-state index in [-0.39, 0.29) is 0 Å². The zero-order valence-corrected chi connectivity index (χ0v) is 12.6. The first-order valence-electron chi connectivity index (χ1n) is 7.15. The topological polar surface area (TPSA) is 54.4 Å². The van der Waals surface area contributed by atoms with Crippen molar-refractivity contribution in [3.8, 4) is 0 Å². The van der Waals surface area contributed by atoms with Gasteiger partial charge in [-0.2, -0.15) is 0 Å². The van der Waals surface area contributed by atoms with E-state index in [1.807, 2.05) is 0 Å². The Bertz CT molecular complexity index is 241. The van der Waals surface area contributed by atoms with Crippen LogP contribution in [0.1, 0.15) is 65.2 Å². The van der Waals surface area contributed by atoms with Crippen LogP contribution in [0, 0.1) is 5.92 Å². The normalized spacial score (nSPS) is 14.3. The van der Waals surface area contributed by atoms with Crippen molar-refractivity contribution in [3.05, 3.63) is 0 Å². The van der Waals surface area contributed by atoms with Crippen molar-refractivity contribution < 1.29 is 14.1 Å². The summed E-state index contributed by atoms with van der Waals surface area (Å²) in [7, 11) is -0.962. The second-order valence-corrected chi connectivity index (χ2v) is 6.65. The largest absolute Gasteiger partial charge is 0.481 e. The first kappa shape index (κ1) is 17.6. The van der Waals surface area contributed by atoms with Crippen molar-refractivity contribution in [1.82, 2.24) is 0 Å². The number of hydrogen-bond donors (Lipinski definition) is 1. The molecule has 0 aliphatic heterocycles. The van der Waals surface area contributed by atoms with Crippen LogP contribution in [-0.2, 0) is 15.6 Å². The van der Waals surface area contributed by atoms with Gasteiger partial charge >= 0.3 is 5.97 Å². The smallest absolute Gasteiger partial charge is 0.307 e. The molecule has 0 saturated heterocycles. The molecule has 4 heteroatoms. The molecule has 0 saturated carbocycles. The molecule has 0 rings (SSSR count). The van der Waals surface area contributed by atoms with Crippen LogP contribution in [0.3, 0.4) is 0 Å². The van der Waals surface area contributed by atoms with Crippen LogP contribution in [0.4, 0.5) is 0 Å². The highest BCUT2D eigenvalue weighted by atomic mass is 32.2. The molecule has 3 nitrogen and oxygen atoms in total. The molecule has 0 aromatic heterocycles. The lowest BCUT2D eigenvalue weighted by atomic mass is 10.1. The molecule has 0 heterocycles. The molecule has 0 aliphatic carbocycles. The molecule has 2 atom stereocenters. The fourth-order valence-corrected chi connectivity index (χ4v) is 3.22. The Morgan fingerprint density at radius 2 is 1.56 bits per heavy atom. The predicted molar refractivity (Wildman–Crippen MR) is 77.3 cm³/mol. The number of carboxylic acids is 1. The molecule has 2 unspecified atom stereocenters. The Morgan fingerprint density at radius 1 is 1.06 bits per heavy atom. The minimum Gasteiger partial charge on any atom is -0.481 e. The van der Waals surface area contributed by atoms with Crippen molar-refractivity contribution in [2.45, 2.75) is 65.2 Å². The lowest BCUT2D eigenvalue weighted by molar-refractivity contribution is -0.140. The van der Waals surface area contributed by atoms with E-state index in [1.54, 1.807) is 6.92 Å². The second-order valence-electron chi connectivity index (χ2n) is 5.02. The van der Waals surface area contributed by atoms with E-state index < -0.39 is 22.7 Å². The van der Waals surface area contributed by atoms with E-state index in [9.17, 15) is 9.00 Å². The first-order valence-corrected chi connectivity index (χ1v) is 8.64. The van der Waals surface area contributed by atoms with Crippen LogP contribution in [-0.4, -0.2) is 26.8 Å². The molecular formula is C14H28O3S. The van der Waals surface area contributed by atoms with Crippen molar-refractivity contribution >= 4 is 16.8 Å². The number of aliphatic carboxylic acids is 1. The number of unbranched alkanes of at least 4 members (excludes halogenated alkanes) is 7. The van der Waals surface area contributed by atoms with E-state index in [1.165, 1.54) is 38.5 Å². The summed E-state index contributed by atoms with van der Waals surface area (Å²) in [6, 6.07) is 0. The lowest BCUT2D eigenvalue weighted by Crippen LogP contribution is -2.18. The van der Waals surface area contributed by atoms with Gasteiger partial charge in [-0.1, -0.05) is 58.8 Å². The average molecular weight is 276 g/mol. The zero-order chi connectivity index (χ0) is 13.8. The fraction of sp³-hybridized carbons (Fsp3) is 0.929. The monoisotopic (exact) mass is 276 g/mol. The van der Waals surface area contributed by atoms with Crippen molar-refractivity contribution in [2.24, 2.45) is 5.92 Å². The van der Waals surface area contributed by atoms with E-state index in [4.69, 9.17) is 5.11 Å². The minimum absolute atomic E-state index is 0.297. The standard InChI is InChI=1S/C14H28O3S/c1-3-4-5-6-7-8-9-10-11-18(17)12-13(2)14(15)16/h13H,3-12H2,1-2H3,(H,15,16). The van der Waals surface area contributed by atoms with E-state index in [0.29, 0.717) is 11.5 Å². The van der Waals surface area contributed by atoms with Gasteiger partial charge in [0.05, 0.1) is 5.92 Å². The molecule has 18 heavy (non-hydrogen) atoms. The fourth-order valence-electron chi connectivity index (χ4n) is 1.83. The molecule has 0 fully saturated rings. The van der Waals surface area contributed by atoms with Gasteiger partial charge in [0, 0.05) is 22.3 Å². The highest BCUT2D eigenvalue weighted by molar-refractivity contribution is 7.85. The maximum absolute atomic E-state index is 11.6. The van der Waals surface area contributed by atoms with Gasteiger partial charge in [-0.05, 0) is 6.42 Å². The van der Waals surface area contributed by atoms with Crippen molar-refractivity contribution in [1.29, 1.82) is 0 Å².